The molecule has 8 rings (SSSR count). The number of likely N-dealkylation sites (tertiary alicyclic amines) is 1. The molecule has 33 heavy (non-hydrogen) atoms. The fourth-order valence-electron chi connectivity index (χ4n) is 9.37. The van der Waals surface area contributed by atoms with Crippen LogP contribution in [-0.2, 0) is 5.54 Å². The number of benzene rings is 1. The zero-order valence-corrected chi connectivity index (χ0v) is 19.0. The molecule has 1 aliphatic heterocycles. The van der Waals surface area contributed by atoms with Crippen LogP contribution in [-0.4, -0.2) is 54.4 Å². The third-order valence-corrected chi connectivity index (χ3v) is 10.0. The number of carboxylic acid groups (broad SMARTS) is 1. The first-order chi connectivity index (χ1) is 15.7. The molecule has 7 atom stereocenters. The molecule has 1 aromatic heterocycles. The molecule has 4 bridgehead atoms. The van der Waals surface area contributed by atoms with Crippen molar-refractivity contribution < 1.29 is 15.0 Å². The molecule has 174 valence electrons. The fraction of sp³-hybridized carbons (Fsp3) is 0.654. The lowest BCUT2D eigenvalue weighted by Gasteiger charge is -2.65. The van der Waals surface area contributed by atoms with Crippen molar-refractivity contribution >= 4 is 17.0 Å². The summed E-state index contributed by atoms with van der Waals surface area (Å²) < 4.78 is 1.75. The van der Waals surface area contributed by atoms with E-state index in [2.05, 4.69) is 16.8 Å². The maximum Gasteiger partial charge on any atom is 0.360 e. The summed E-state index contributed by atoms with van der Waals surface area (Å²) in [6.07, 6.45) is 8.36. The van der Waals surface area contributed by atoms with E-state index < -0.39 is 28.4 Å². The molecule has 1 aromatic carbocycles. The molecular weight excluding hydrogens is 418 g/mol. The number of hydrogen-bond donors (Lipinski definition) is 2. The zero-order valence-electron chi connectivity index (χ0n) is 19.0. The van der Waals surface area contributed by atoms with Gasteiger partial charge in [-0.25, -0.2) is 9.78 Å². The minimum Gasteiger partial charge on any atom is -0.476 e. The van der Waals surface area contributed by atoms with Crippen molar-refractivity contribution in [3.63, 3.8) is 0 Å². The number of aromatic nitrogens is 2. The topological polar surface area (TPSA) is 95.7 Å². The second-order valence-electron chi connectivity index (χ2n) is 12.0. The molecule has 0 radical (unpaired) electrons. The zero-order chi connectivity index (χ0) is 22.8. The average molecular weight is 450 g/mol. The first-order valence-electron chi connectivity index (χ1n) is 12.5. The average Bonchev–Trinajstić information content (AvgIpc) is 3.10. The second-order valence-corrected chi connectivity index (χ2v) is 12.0. The van der Waals surface area contributed by atoms with E-state index in [-0.39, 0.29) is 5.54 Å². The van der Waals surface area contributed by atoms with Crippen molar-refractivity contribution in [1.82, 2.24) is 14.5 Å². The number of fused-ring (bicyclic) bond motifs is 2. The number of aliphatic hydroxyl groups is 1. The van der Waals surface area contributed by atoms with Crippen LogP contribution in [0.4, 0.5) is 0 Å². The molecule has 2 heterocycles. The van der Waals surface area contributed by atoms with Gasteiger partial charge in [0.05, 0.1) is 22.2 Å². The van der Waals surface area contributed by atoms with Crippen LogP contribution in [0.5, 0.6) is 0 Å². The van der Waals surface area contributed by atoms with Gasteiger partial charge in [0.1, 0.15) is 0 Å². The van der Waals surface area contributed by atoms with E-state index in [1.807, 2.05) is 18.2 Å². The molecule has 6 fully saturated rings. The minimum absolute atomic E-state index is 0.108. The van der Waals surface area contributed by atoms with Crippen LogP contribution in [0, 0.1) is 17.8 Å². The van der Waals surface area contributed by atoms with Crippen LogP contribution >= 0.6 is 0 Å². The standard InChI is InChI=1S/C26H31N3O4/c1-24(29-19-5-3-2-4-18(19)27-21(22(29)30)23(31)32)13-20-17(24)6-7-28(20)25-9-15-8-16(10-25)12-26(33,11-15)14-25/h2-5,15-17,20,33H,6-14H2,1H3,(H,31,32)/t15-,16+,17?,20-,24+,25?,26?/m1/s1. The number of rotatable bonds is 3. The Hall–Kier alpha value is -2.25. The molecule has 3 unspecified atom stereocenters. The number of hydrogen-bond acceptors (Lipinski definition) is 5. The van der Waals surface area contributed by atoms with Gasteiger partial charge in [0, 0.05) is 11.6 Å². The summed E-state index contributed by atoms with van der Waals surface area (Å²) in [6.45, 7) is 3.13. The van der Waals surface area contributed by atoms with Crippen LogP contribution in [0.3, 0.4) is 0 Å². The summed E-state index contributed by atoms with van der Waals surface area (Å²) in [5, 5.41) is 20.9. The molecule has 1 saturated heterocycles. The summed E-state index contributed by atoms with van der Waals surface area (Å²) >= 11 is 0. The number of para-hydroxylation sites is 2. The highest BCUT2D eigenvalue weighted by molar-refractivity contribution is 5.88. The van der Waals surface area contributed by atoms with Gasteiger partial charge in [-0.2, -0.15) is 0 Å². The van der Waals surface area contributed by atoms with Crippen molar-refractivity contribution in [1.29, 1.82) is 0 Å². The highest BCUT2D eigenvalue weighted by Crippen LogP contribution is 2.63. The monoisotopic (exact) mass is 449 g/mol. The smallest absolute Gasteiger partial charge is 0.360 e. The van der Waals surface area contributed by atoms with Crippen LogP contribution in [0.2, 0.25) is 0 Å². The molecule has 2 aromatic rings. The first-order valence-corrected chi connectivity index (χ1v) is 12.5. The summed E-state index contributed by atoms with van der Waals surface area (Å²) in [5.74, 6) is 0.317. The van der Waals surface area contributed by atoms with Gasteiger partial charge in [0.15, 0.2) is 0 Å². The molecule has 7 nitrogen and oxygen atoms in total. The molecule has 5 aliphatic carbocycles. The van der Waals surface area contributed by atoms with E-state index in [1.165, 1.54) is 19.3 Å². The summed E-state index contributed by atoms with van der Waals surface area (Å²) in [7, 11) is 0. The van der Waals surface area contributed by atoms with Crippen LogP contribution in [0.25, 0.3) is 11.0 Å². The third-order valence-electron chi connectivity index (χ3n) is 10.0. The third kappa shape index (κ3) is 2.55. The maximum absolute atomic E-state index is 13.4. The number of carboxylic acids is 1. The van der Waals surface area contributed by atoms with Crippen molar-refractivity contribution in [2.45, 2.75) is 81.0 Å². The Morgan fingerprint density at radius 2 is 1.85 bits per heavy atom. The van der Waals surface area contributed by atoms with Crippen LogP contribution < -0.4 is 5.56 Å². The van der Waals surface area contributed by atoms with Crippen LogP contribution in [0.15, 0.2) is 29.1 Å². The maximum atomic E-state index is 13.4. The lowest BCUT2D eigenvalue weighted by molar-refractivity contribution is -0.188. The van der Waals surface area contributed by atoms with Gasteiger partial charge in [-0.3, -0.25) is 14.3 Å². The Morgan fingerprint density at radius 1 is 1.12 bits per heavy atom. The van der Waals surface area contributed by atoms with Crippen molar-refractivity contribution in [3.8, 4) is 0 Å². The normalized spacial score (nSPS) is 43.6. The molecule has 7 heteroatoms. The van der Waals surface area contributed by atoms with Gasteiger partial charge in [-0.1, -0.05) is 12.1 Å². The Bertz CT molecular complexity index is 1240. The first kappa shape index (κ1) is 20.2. The number of aromatic carboxylic acids is 1. The van der Waals surface area contributed by atoms with E-state index in [0.717, 1.165) is 44.2 Å². The van der Waals surface area contributed by atoms with E-state index in [1.54, 1.807) is 10.6 Å². The van der Waals surface area contributed by atoms with Gasteiger partial charge < -0.3 is 10.2 Å². The highest BCUT2D eigenvalue weighted by atomic mass is 16.4. The SMILES string of the molecule is C[C@]1(n2c(=O)c(C(=O)O)nc3ccccc32)C[C@@H]2C1CCN2C12C[C@@H]3C[C@@H](CC(O)(C3)C1)C2. The molecule has 2 N–H and O–H groups in total. The second kappa shape index (κ2) is 6.25. The number of carbonyl (C=O) groups is 1. The highest BCUT2D eigenvalue weighted by Gasteiger charge is 2.66. The Balaban J connectivity index is 1.28. The van der Waals surface area contributed by atoms with Gasteiger partial charge >= 0.3 is 5.97 Å². The van der Waals surface area contributed by atoms with Crippen LogP contribution in [0.1, 0.15) is 68.8 Å². The van der Waals surface area contributed by atoms with E-state index >= 15 is 0 Å². The minimum atomic E-state index is -1.27. The largest absolute Gasteiger partial charge is 0.476 e. The summed E-state index contributed by atoms with van der Waals surface area (Å²) in [4.78, 5) is 32.1. The Labute approximate surface area is 192 Å². The van der Waals surface area contributed by atoms with Crippen molar-refractivity contribution in [3.05, 3.63) is 40.3 Å². The van der Waals surface area contributed by atoms with Gasteiger partial charge in [0.2, 0.25) is 5.69 Å². The van der Waals surface area contributed by atoms with Gasteiger partial charge in [-0.05, 0) is 94.7 Å². The number of nitrogens with zero attached hydrogens (tertiary/aromatic N) is 3. The fourth-order valence-corrected chi connectivity index (χ4v) is 9.37. The predicted octanol–water partition coefficient (Wildman–Crippen LogP) is 2.99. The Kier molecular flexibility index (Phi) is 3.81. The molecular formula is C26H31N3O4. The summed E-state index contributed by atoms with van der Waals surface area (Å²) in [6, 6.07) is 7.78. The molecule has 6 aliphatic rings. The molecule has 0 amide bonds. The lowest BCUT2D eigenvalue weighted by Crippen LogP contribution is -2.70. The molecule has 5 saturated carbocycles. The summed E-state index contributed by atoms with van der Waals surface area (Å²) in [5.41, 5.74) is -0.418. The predicted molar refractivity (Wildman–Crippen MR) is 122 cm³/mol. The van der Waals surface area contributed by atoms with Gasteiger partial charge in [0.25, 0.3) is 5.56 Å². The van der Waals surface area contributed by atoms with Crippen molar-refractivity contribution in [2.75, 3.05) is 6.54 Å². The quantitative estimate of drug-likeness (QED) is 0.748. The van der Waals surface area contributed by atoms with Crippen molar-refractivity contribution in [2.24, 2.45) is 17.8 Å². The van der Waals surface area contributed by atoms with Gasteiger partial charge in [-0.15, -0.1) is 0 Å². The van der Waals surface area contributed by atoms with E-state index in [4.69, 9.17) is 0 Å². The Morgan fingerprint density at radius 3 is 2.55 bits per heavy atom. The molecule has 0 spiro atoms. The van der Waals surface area contributed by atoms with E-state index in [9.17, 15) is 19.8 Å². The van der Waals surface area contributed by atoms with E-state index in [0.29, 0.717) is 29.3 Å². The lowest BCUT2D eigenvalue weighted by atomic mass is 9.50.